The fourth-order valence-corrected chi connectivity index (χ4v) is 4.28. The highest BCUT2D eigenvalue weighted by Crippen LogP contribution is 2.27. The van der Waals surface area contributed by atoms with Crippen molar-refractivity contribution in [2.75, 3.05) is 22.5 Å². The van der Waals surface area contributed by atoms with Gasteiger partial charge in [0.15, 0.2) is 5.11 Å². The molecule has 0 bridgehead atoms. The highest BCUT2D eigenvalue weighted by Gasteiger charge is 2.16. The molecular weight excluding hydrogens is 465 g/mol. The molecule has 3 aromatic rings. The first-order valence-corrected chi connectivity index (χ1v) is 11.2. The molecule has 3 aromatic carbocycles. The standard InChI is InChI=1S/C20H17Cl2N3O3S2/c1-28-19-5-3-2-4-18(19)25-30(26,27)15-9-7-14(8-10-15)23-20(29)24-17-11-6-13(21)12-16(17)22/h2-12,25H,1H3,(H2,23,24,29). The van der Waals surface area contributed by atoms with E-state index in [2.05, 4.69) is 15.4 Å². The lowest BCUT2D eigenvalue weighted by molar-refractivity contribution is 0.417. The summed E-state index contributed by atoms with van der Waals surface area (Å²) >= 11 is 17.3. The number of hydrogen-bond acceptors (Lipinski definition) is 4. The third kappa shape index (κ3) is 5.54. The fraction of sp³-hybridized carbons (Fsp3) is 0.0500. The van der Waals surface area contributed by atoms with E-state index in [9.17, 15) is 8.42 Å². The van der Waals surface area contributed by atoms with Gasteiger partial charge in [-0.3, -0.25) is 4.72 Å². The van der Waals surface area contributed by atoms with Gasteiger partial charge < -0.3 is 15.4 Å². The van der Waals surface area contributed by atoms with E-state index in [1.165, 1.54) is 19.2 Å². The summed E-state index contributed by atoms with van der Waals surface area (Å²) in [6, 6.07) is 17.9. The summed E-state index contributed by atoms with van der Waals surface area (Å²) in [5.74, 6) is 0.427. The Morgan fingerprint density at radius 1 is 0.933 bits per heavy atom. The minimum absolute atomic E-state index is 0.0959. The van der Waals surface area contributed by atoms with E-state index in [1.807, 2.05) is 0 Å². The zero-order chi connectivity index (χ0) is 21.7. The van der Waals surface area contributed by atoms with Crippen LogP contribution in [0.4, 0.5) is 17.1 Å². The lowest BCUT2D eigenvalue weighted by Crippen LogP contribution is -2.19. The third-order valence-corrected chi connectivity index (χ3v) is 6.09. The molecule has 0 aromatic heterocycles. The molecule has 30 heavy (non-hydrogen) atoms. The number of thiocarbonyl (C=S) groups is 1. The molecule has 0 aliphatic rings. The molecular formula is C20H17Cl2N3O3S2. The Kier molecular flexibility index (Phi) is 7.04. The Morgan fingerprint density at radius 2 is 1.63 bits per heavy atom. The second kappa shape index (κ2) is 9.53. The van der Waals surface area contributed by atoms with E-state index < -0.39 is 10.0 Å². The lowest BCUT2D eigenvalue weighted by atomic mass is 10.3. The lowest BCUT2D eigenvalue weighted by Gasteiger charge is -2.13. The zero-order valence-electron chi connectivity index (χ0n) is 15.6. The number of nitrogens with one attached hydrogen (secondary N) is 3. The Bertz CT molecular complexity index is 1170. The summed E-state index contributed by atoms with van der Waals surface area (Å²) in [6.07, 6.45) is 0. The number of hydrogen-bond donors (Lipinski definition) is 3. The van der Waals surface area contributed by atoms with Gasteiger partial charge >= 0.3 is 0 Å². The van der Waals surface area contributed by atoms with E-state index in [1.54, 1.807) is 54.6 Å². The Balaban J connectivity index is 1.68. The number of para-hydroxylation sites is 2. The summed E-state index contributed by atoms with van der Waals surface area (Å²) in [4.78, 5) is 0.0959. The molecule has 0 aliphatic heterocycles. The van der Waals surface area contributed by atoms with Crippen molar-refractivity contribution in [3.8, 4) is 5.75 Å². The quantitative estimate of drug-likeness (QED) is 0.397. The van der Waals surface area contributed by atoms with Crippen molar-refractivity contribution < 1.29 is 13.2 Å². The maximum Gasteiger partial charge on any atom is 0.262 e. The van der Waals surface area contributed by atoms with Crippen molar-refractivity contribution in [3.63, 3.8) is 0 Å². The minimum Gasteiger partial charge on any atom is -0.495 e. The Hall–Kier alpha value is -2.52. The largest absolute Gasteiger partial charge is 0.495 e. The average Bonchev–Trinajstić information content (AvgIpc) is 2.70. The van der Waals surface area contributed by atoms with Crippen LogP contribution in [0, 0.1) is 0 Å². The molecule has 0 spiro atoms. The van der Waals surface area contributed by atoms with Crippen LogP contribution in [-0.2, 0) is 10.0 Å². The van der Waals surface area contributed by atoms with Crippen LogP contribution in [0.15, 0.2) is 71.6 Å². The van der Waals surface area contributed by atoms with E-state index in [-0.39, 0.29) is 4.90 Å². The van der Waals surface area contributed by atoms with Crippen molar-refractivity contribution >= 4 is 67.6 Å². The number of rotatable bonds is 6. The smallest absolute Gasteiger partial charge is 0.262 e. The summed E-state index contributed by atoms with van der Waals surface area (Å²) in [6.45, 7) is 0. The minimum atomic E-state index is -3.79. The Morgan fingerprint density at radius 3 is 2.30 bits per heavy atom. The molecule has 0 saturated carbocycles. The highest BCUT2D eigenvalue weighted by atomic mass is 35.5. The van der Waals surface area contributed by atoms with Crippen LogP contribution in [-0.4, -0.2) is 20.6 Å². The van der Waals surface area contributed by atoms with Gasteiger partial charge in [-0.2, -0.15) is 0 Å². The summed E-state index contributed by atoms with van der Waals surface area (Å²) in [7, 11) is -2.31. The molecule has 3 N–H and O–H groups in total. The van der Waals surface area contributed by atoms with Crippen molar-refractivity contribution in [2.24, 2.45) is 0 Å². The number of ether oxygens (including phenoxy) is 1. The van der Waals surface area contributed by atoms with Gasteiger partial charge in [0.05, 0.1) is 28.4 Å². The first-order chi connectivity index (χ1) is 14.3. The van der Waals surface area contributed by atoms with Crippen LogP contribution in [0.2, 0.25) is 10.0 Å². The first-order valence-electron chi connectivity index (χ1n) is 8.57. The van der Waals surface area contributed by atoms with E-state index in [4.69, 9.17) is 40.2 Å². The second-order valence-corrected chi connectivity index (χ2v) is 8.97. The summed E-state index contributed by atoms with van der Waals surface area (Å²) < 4.78 is 33.0. The summed E-state index contributed by atoms with van der Waals surface area (Å²) in [5.41, 5.74) is 1.56. The maximum atomic E-state index is 12.7. The van der Waals surface area contributed by atoms with Crippen molar-refractivity contribution in [2.45, 2.75) is 4.90 Å². The van der Waals surface area contributed by atoms with Gasteiger partial charge in [-0.15, -0.1) is 0 Å². The van der Waals surface area contributed by atoms with Crippen molar-refractivity contribution in [1.29, 1.82) is 0 Å². The van der Waals surface area contributed by atoms with Gasteiger partial charge in [0.1, 0.15) is 5.75 Å². The normalized spacial score (nSPS) is 10.9. The summed E-state index contributed by atoms with van der Waals surface area (Å²) in [5, 5.41) is 7.17. The van der Waals surface area contributed by atoms with Gasteiger partial charge in [0, 0.05) is 10.7 Å². The van der Waals surface area contributed by atoms with Crippen LogP contribution >= 0.6 is 35.4 Å². The zero-order valence-corrected chi connectivity index (χ0v) is 18.8. The number of sulfonamides is 1. The number of anilines is 3. The number of benzene rings is 3. The monoisotopic (exact) mass is 481 g/mol. The predicted octanol–water partition coefficient (Wildman–Crippen LogP) is 5.61. The van der Waals surface area contributed by atoms with Gasteiger partial charge in [-0.05, 0) is 66.8 Å². The molecule has 0 atom stereocenters. The van der Waals surface area contributed by atoms with Crippen LogP contribution < -0.4 is 20.1 Å². The van der Waals surface area contributed by atoms with E-state index in [0.29, 0.717) is 38.0 Å². The highest BCUT2D eigenvalue weighted by molar-refractivity contribution is 7.92. The number of halogens is 2. The molecule has 10 heteroatoms. The fourth-order valence-electron chi connectivity index (χ4n) is 2.53. The molecule has 0 aliphatic carbocycles. The second-order valence-electron chi connectivity index (χ2n) is 6.03. The molecule has 0 amide bonds. The van der Waals surface area contributed by atoms with Crippen LogP contribution in [0.3, 0.4) is 0 Å². The Labute approximate surface area is 190 Å². The molecule has 0 unspecified atom stereocenters. The predicted molar refractivity (Wildman–Crippen MR) is 127 cm³/mol. The third-order valence-electron chi connectivity index (χ3n) is 3.95. The van der Waals surface area contributed by atoms with Gasteiger partial charge in [0.25, 0.3) is 10.0 Å². The average molecular weight is 482 g/mol. The van der Waals surface area contributed by atoms with Crippen LogP contribution in [0.25, 0.3) is 0 Å². The van der Waals surface area contributed by atoms with E-state index in [0.717, 1.165) is 0 Å². The van der Waals surface area contributed by atoms with Crippen molar-refractivity contribution in [1.82, 2.24) is 0 Å². The first kappa shape index (κ1) is 22.2. The van der Waals surface area contributed by atoms with Gasteiger partial charge in [-0.25, -0.2) is 8.42 Å². The molecule has 156 valence electrons. The van der Waals surface area contributed by atoms with Crippen molar-refractivity contribution in [3.05, 3.63) is 76.8 Å². The van der Waals surface area contributed by atoms with Gasteiger partial charge in [0.2, 0.25) is 0 Å². The van der Waals surface area contributed by atoms with E-state index >= 15 is 0 Å². The van der Waals surface area contributed by atoms with Crippen LogP contribution in [0.1, 0.15) is 0 Å². The van der Waals surface area contributed by atoms with Crippen LogP contribution in [0.5, 0.6) is 5.75 Å². The molecule has 6 nitrogen and oxygen atoms in total. The maximum absolute atomic E-state index is 12.7. The molecule has 3 rings (SSSR count). The molecule has 0 fully saturated rings. The number of methoxy groups -OCH3 is 1. The SMILES string of the molecule is COc1ccccc1NS(=O)(=O)c1ccc(NC(=S)Nc2ccc(Cl)cc2Cl)cc1. The molecule has 0 heterocycles. The van der Waals surface area contributed by atoms with Gasteiger partial charge in [-0.1, -0.05) is 35.3 Å². The molecule has 0 saturated heterocycles. The molecule has 0 radical (unpaired) electrons. The topological polar surface area (TPSA) is 79.5 Å².